The van der Waals surface area contributed by atoms with E-state index in [4.69, 9.17) is 14.2 Å². The van der Waals surface area contributed by atoms with E-state index in [2.05, 4.69) is 9.97 Å². The van der Waals surface area contributed by atoms with Crippen molar-refractivity contribution in [2.75, 3.05) is 20.8 Å². The fourth-order valence-corrected chi connectivity index (χ4v) is 4.12. The SMILES string of the molecule is COCCn1c(Cc2ccc(-c3cc(C(=O)OC(C)(C)C)cc(O)n3)cc2F)nc2ccc(C(=O)OC)cc21. The summed E-state index contributed by atoms with van der Waals surface area (Å²) < 4.78 is 32.7. The lowest BCUT2D eigenvalue weighted by molar-refractivity contribution is 0.00687. The van der Waals surface area contributed by atoms with Crippen LogP contribution in [0.3, 0.4) is 0 Å². The number of esters is 2. The number of carbonyl (C=O) groups excluding carboxylic acids is 2. The summed E-state index contributed by atoms with van der Waals surface area (Å²) in [5, 5.41) is 10.1. The molecule has 4 rings (SSSR count). The Morgan fingerprint density at radius 1 is 0.974 bits per heavy atom. The molecule has 0 bridgehead atoms. The lowest BCUT2D eigenvalue weighted by Gasteiger charge is -2.19. The lowest BCUT2D eigenvalue weighted by Crippen LogP contribution is -2.23. The minimum atomic E-state index is -0.718. The summed E-state index contributed by atoms with van der Waals surface area (Å²) in [7, 11) is 2.90. The second-order valence-corrected chi connectivity index (χ2v) is 9.95. The number of fused-ring (bicyclic) bond motifs is 1. The molecule has 10 heteroatoms. The van der Waals surface area contributed by atoms with Crippen LogP contribution >= 0.6 is 0 Å². The molecule has 0 fully saturated rings. The van der Waals surface area contributed by atoms with Crippen molar-refractivity contribution in [3.63, 3.8) is 0 Å². The van der Waals surface area contributed by atoms with Crippen LogP contribution in [0.25, 0.3) is 22.3 Å². The maximum atomic E-state index is 15.4. The van der Waals surface area contributed by atoms with Crippen LogP contribution in [0.4, 0.5) is 4.39 Å². The summed E-state index contributed by atoms with van der Waals surface area (Å²) in [6.07, 6.45) is 0.175. The highest BCUT2D eigenvalue weighted by Crippen LogP contribution is 2.27. The third-order valence-corrected chi connectivity index (χ3v) is 5.91. The van der Waals surface area contributed by atoms with Crippen molar-refractivity contribution < 1.29 is 33.3 Å². The Labute approximate surface area is 225 Å². The van der Waals surface area contributed by atoms with E-state index in [1.165, 1.54) is 25.3 Å². The predicted octanol–water partition coefficient (Wildman–Crippen LogP) is 4.92. The van der Waals surface area contributed by atoms with Gasteiger partial charge in [0.05, 0.1) is 41.6 Å². The maximum absolute atomic E-state index is 15.4. The number of aromatic hydroxyl groups is 1. The molecular weight excluding hydrogens is 505 g/mol. The summed E-state index contributed by atoms with van der Waals surface area (Å²) in [5.41, 5.74) is 2.13. The predicted molar refractivity (Wildman–Crippen MR) is 142 cm³/mol. The van der Waals surface area contributed by atoms with Gasteiger partial charge in [0.1, 0.15) is 17.2 Å². The number of benzene rings is 2. The highest BCUT2D eigenvalue weighted by molar-refractivity contribution is 5.94. The third-order valence-electron chi connectivity index (χ3n) is 5.91. The number of nitrogens with zero attached hydrogens (tertiary/aromatic N) is 3. The quantitative estimate of drug-likeness (QED) is 0.316. The number of hydrogen-bond donors (Lipinski definition) is 1. The molecule has 2 heterocycles. The zero-order chi connectivity index (χ0) is 28.3. The molecule has 204 valence electrons. The van der Waals surface area contributed by atoms with Crippen LogP contribution in [0.5, 0.6) is 5.88 Å². The van der Waals surface area contributed by atoms with Crippen LogP contribution in [0.1, 0.15) is 52.9 Å². The molecule has 9 nitrogen and oxygen atoms in total. The molecule has 0 radical (unpaired) electrons. The maximum Gasteiger partial charge on any atom is 0.338 e. The number of carbonyl (C=O) groups is 2. The van der Waals surface area contributed by atoms with E-state index in [0.29, 0.717) is 46.7 Å². The smallest absolute Gasteiger partial charge is 0.338 e. The van der Waals surface area contributed by atoms with E-state index < -0.39 is 23.4 Å². The van der Waals surface area contributed by atoms with Gasteiger partial charge in [-0.1, -0.05) is 12.1 Å². The van der Waals surface area contributed by atoms with Gasteiger partial charge in [0, 0.05) is 31.7 Å². The van der Waals surface area contributed by atoms with Crippen LogP contribution in [0, 0.1) is 5.82 Å². The van der Waals surface area contributed by atoms with Gasteiger partial charge >= 0.3 is 11.9 Å². The van der Waals surface area contributed by atoms with Crippen molar-refractivity contribution in [2.24, 2.45) is 0 Å². The first-order chi connectivity index (χ1) is 18.5. The van der Waals surface area contributed by atoms with E-state index in [0.717, 1.165) is 0 Å². The van der Waals surface area contributed by atoms with Gasteiger partial charge in [0.15, 0.2) is 0 Å². The number of halogens is 1. The first-order valence-corrected chi connectivity index (χ1v) is 12.3. The van der Waals surface area contributed by atoms with Gasteiger partial charge in [-0.05, 0) is 56.7 Å². The fourth-order valence-electron chi connectivity index (χ4n) is 4.12. The summed E-state index contributed by atoms with van der Waals surface area (Å²) in [6.45, 7) is 6.06. The Bertz CT molecular complexity index is 1540. The largest absolute Gasteiger partial charge is 0.493 e. The summed E-state index contributed by atoms with van der Waals surface area (Å²) in [4.78, 5) is 33.3. The van der Waals surface area contributed by atoms with Crippen molar-refractivity contribution in [1.82, 2.24) is 14.5 Å². The van der Waals surface area contributed by atoms with Crippen LogP contribution in [0.15, 0.2) is 48.5 Å². The van der Waals surface area contributed by atoms with E-state index in [-0.39, 0.29) is 23.6 Å². The molecule has 0 aliphatic heterocycles. The van der Waals surface area contributed by atoms with Gasteiger partial charge in [-0.2, -0.15) is 0 Å². The Balaban J connectivity index is 1.66. The van der Waals surface area contributed by atoms with Crippen molar-refractivity contribution in [3.05, 3.63) is 76.9 Å². The summed E-state index contributed by atoms with van der Waals surface area (Å²) in [6, 6.07) is 12.3. The number of pyridine rings is 1. The highest BCUT2D eigenvalue weighted by atomic mass is 19.1. The minimum absolute atomic E-state index is 0.107. The van der Waals surface area contributed by atoms with Gasteiger partial charge in [-0.15, -0.1) is 0 Å². The number of aromatic nitrogens is 3. The van der Waals surface area contributed by atoms with Gasteiger partial charge in [-0.3, -0.25) is 0 Å². The van der Waals surface area contributed by atoms with Crippen molar-refractivity contribution in [3.8, 4) is 17.1 Å². The molecular formula is C29H30FN3O6. The normalized spacial score (nSPS) is 11.5. The van der Waals surface area contributed by atoms with E-state index >= 15 is 4.39 Å². The topological polar surface area (TPSA) is 113 Å². The third kappa shape index (κ3) is 6.40. The molecule has 0 spiro atoms. The van der Waals surface area contributed by atoms with Crippen molar-refractivity contribution in [1.29, 1.82) is 0 Å². The zero-order valence-corrected chi connectivity index (χ0v) is 22.4. The Kier molecular flexibility index (Phi) is 7.96. The van der Waals surface area contributed by atoms with E-state index in [9.17, 15) is 14.7 Å². The van der Waals surface area contributed by atoms with Crippen LogP contribution in [0.2, 0.25) is 0 Å². The molecule has 0 unspecified atom stereocenters. The van der Waals surface area contributed by atoms with Crippen LogP contribution < -0.4 is 0 Å². The standard InChI is InChI=1S/C29H30FN3O6/c1-29(2,3)39-28(36)20-13-23(32-26(34)16-20)18-7-6-17(21(30)12-18)15-25-31-22-9-8-19(27(35)38-5)14-24(22)33(25)10-11-37-4/h6-9,12-14,16H,10-11,15H2,1-5H3,(H,32,34). The average Bonchev–Trinajstić information content (AvgIpc) is 3.22. The number of ether oxygens (including phenoxy) is 3. The molecule has 39 heavy (non-hydrogen) atoms. The Morgan fingerprint density at radius 2 is 1.74 bits per heavy atom. The second kappa shape index (κ2) is 11.2. The van der Waals surface area contributed by atoms with Gasteiger partial charge in [0.25, 0.3) is 0 Å². The molecule has 0 atom stereocenters. The number of methoxy groups -OCH3 is 2. The van der Waals surface area contributed by atoms with Gasteiger partial charge < -0.3 is 23.9 Å². The average molecular weight is 536 g/mol. The number of rotatable bonds is 8. The van der Waals surface area contributed by atoms with Crippen LogP contribution in [-0.2, 0) is 27.2 Å². The molecule has 0 saturated heterocycles. The monoisotopic (exact) mass is 535 g/mol. The molecule has 2 aromatic heterocycles. The van der Waals surface area contributed by atoms with Crippen LogP contribution in [-0.4, -0.2) is 58.0 Å². The second-order valence-electron chi connectivity index (χ2n) is 9.95. The van der Waals surface area contributed by atoms with Crippen molar-refractivity contribution in [2.45, 2.75) is 39.3 Å². The molecule has 4 aromatic rings. The van der Waals surface area contributed by atoms with Gasteiger partial charge in [-0.25, -0.2) is 23.9 Å². The molecule has 0 saturated carbocycles. The lowest BCUT2D eigenvalue weighted by atomic mass is 10.0. The van der Waals surface area contributed by atoms with E-state index in [1.807, 2.05) is 4.57 Å². The molecule has 1 N–H and O–H groups in total. The van der Waals surface area contributed by atoms with E-state index in [1.54, 1.807) is 58.2 Å². The fraction of sp³-hybridized carbons (Fsp3) is 0.310. The number of hydrogen-bond acceptors (Lipinski definition) is 8. The molecule has 2 aromatic carbocycles. The Hall–Kier alpha value is -4.31. The summed E-state index contributed by atoms with van der Waals surface area (Å²) >= 11 is 0. The minimum Gasteiger partial charge on any atom is -0.493 e. The molecule has 0 aliphatic carbocycles. The van der Waals surface area contributed by atoms with Gasteiger partial charge in [0.2, 0.25) is 5.88 Å². The molecule has 0 aliphatic rings. The van der Waals surface area contributed by atoms with Crippen molar-refractivity contribution >= 4 is 23.0 Å². The Morgan fingerprint density at radius 3 is 2.41 bits per heavy atom. The summed E-state index contributed by atoms with van der Waals surface area (Å²) in [5.74, 6) is -1.37. The first-order valence-electron chi connectivity index (χ1n) is 12.3. The number of imidazole rings is 1. The zero-order valence-electron chi connectivity index (χ0n) is 22.4. The first kappa shape index (κ1) is 27.7. The molecule has 0 amide bonds. The highest BCUT2D eigenvalue weighted by Gasteiger charge is 2.20.